The van der Waals surface area contributed by atoms with Crippen molar-refractivity contribution in [2.45, 2.75) is 12.5 Å². The van der Waals surface area contributed by atoms with Gasteiger partial charge in [0.15, 0.2) is 11.6 Å². The fourth-order valence-electron chi connectivity index (χ4n) is 2.18. The average Bonchev–Trinajstić information content (AvgIpc) is 2.49. The molecule has 0 heterocycles. The minimum Gasteiger partial charge on any atom is -0.494 e. The smallest absolute Gasteiger partial charge is 0.165 e. The summed E-state index contributed by atoms with van der Waals surface area (Å²) < 4.78 is 31.6. The summed E-state index contributed by atoms with van der Waals surface area (Å²) >= 11 is 5.79. The topological polar surface area (TPSA) is 21.3 Å². The van der Waals surface area contributed by atoms with Gasteiger partial charge in [0.25, 0.3) is 0 Å². The van der Waals surface area contributed by atoms with Crippen molar-refractivity contribution in [1.29, 1.82) is 0 Å². The number of rotatable bonds is 5. The number of methoxy groups -OCH3 is 1. The molecule has 1 N–H and O–H groups in total. The van der Waals surface area contributed by atoms with E-state index >= 15 is 0 Å². The van der Waals surface area contributed by atoms with Gasteiger partial charge in [-0.05, 0) is 48.9 Å². The third-order valence-electron chi connectivity index (χ3n) is 3.35. The zero-order chi connectivity index (χ0) is 15.4. The monoisotopic (exact) mass is 311 g/mol. The highest BCUT2D eigenvalue weighted by molar-refractivity contribution is 6.30. The first kappa shape index (κ1) is 15.7. The predicted molar refractivity (Wildman–Crippen MR) is 79.9 cm³/mol. The van der Waals surface area contributed by atoms with Crippen molar-refractivity contribution >= 4 is 11.6 Å². The Morgan fingerprint density at radius 3 is 2.48 bits per heavy atom. The highest BCUT2D eigenvalue weighted by atomic mass is 35.5. The molecule has 0 fully saturated rings. The van der Waals surface area contributed by atoms with E-state index in [4.69, 9.17) is 16.3 Å². The quantitative estimate of drug-likeness (QED) is 0.896. The predicted octanol–water partition coefficient (Wildman–Crippen LogP) is 4.13. The molecule has 21 heavy (non-hydrogen) atoms. The maximum Gasteiger partial charge on any atom is 0.165 e. The van der Waals surface area contributed by atoms with Crippen molar-refractivity contribution in [3.63, 3.8) is 0 Å². The van der Waals surface area contributed by atoms with Crippen LogP contribution in [0.5, 0.6) is 5.75 Å². The number of nitrogens with one attached hydrogen (secondary N) is 1. The first-order valence-corrected chi connectivity index (χ1v) is 6.87. The molecule has 1 atom stereocenters. The van der Waals surface area contributed by atoms with Gasteiger partial charge in [0.2, 0.25) is 0 Å². The molecule has 1 unspecified atom stereocenters. The number of likely N-dealkylation sites (N-methyl/N-ethyl adjacent to an activating group) is 1. The van der Waals surface area contributed by atoms with Gasteiger partial charge < -0.3 is 10.1 Å². The van der Waals surface area contributed by atoms with Gasteiger partial charge in [-0.25, -0.2) is 8.78 Å². The normalized spacial score (nSPS) is 12.2. The van der Waals surface area contributed by atoms with Crippen LogP contribution in [0.4, 0.5) is 8.78 Å². The van der Waals surface area contributed by atoms with Crippen molar-refractivity contribution in [2.24, 2.45) is 0 Å². The second kappa shape index (κ2) is 6.87. The number of ether oxygens (including phenoxy) is 1. The number of halogens is 3. The largest absolute Gasteiger partial charge is 0.494 e. The molecule has 2 aromatic carbocycles. The lowest BCUT2D eigenvalue weighted by Crippen LogP contribution is -2.19. The van der Waals surface area contributed by atoms with Crippen molar-refractivity contribution in [3.05, 3.63) is 64.2 Å². The van der Waals surface area contributed by atoms with Gasteiger partial charge in [0.1, 0.15) is 5.82 Å². The summed E-state index contributed by atoms with van der Waals surface area (Å²) in [5.74, 6) is -0.643. The molecule has 2 rings (SSSR count). The van der Waals surface area contributed by atoms with Crippen molar-refractivity contribution in [2.75, 3.05) is 14.2 Å². The van der Waals surface area contributed by atoms with E-state index in [0.29, 0.717) is 6.42 Å². The van der Waals surface area contributed by atoms with Gasteiger partial charge >= 0.3 is 0 Å². The summed E-state index contributed by atoms with van der Waals surface area (Å²) in [4.78, 5) is 0. The van der Waals surface area contributed by atoms with Gasteiger partial charge in [-0.15, -0.1) is 0 Å². The van der Waals surface area contributed by atoms with Crippen LogP contribution in [-0.4, -0.2) is 14.2 Å². The maximum absolute atomic E-state index is 13.5. The lowest BCUT2D eigenvalue weighted by Gasteiger charge is -2.18. The van der Waals surface area contributed by atoms with E-state index in [-0.39, 0.29) is 16.8 Å². The number of hydrogen-bond donors (Lipinski definition) is 1. The molecule has 5 heteroatoms. The van der Waals surface area contributed by atoms with Crippen LogP contribution >= 0.6 is 11.6 Å². The van der Waals surface area contributed by atoms with Crippen molar-refractivity contribution < 1.29 is 13.5 Å². The third-order valence-corrected chi connectivity index (χ3v) is 3.64. The van der Waals surface area contributed by atoms with Crippen LogP contribution in [0.15, 0.2) is 36.4 Å². The Hall–Kier alpha value is -1.65. The van der Waals surface area contributed by atoms with E-state index in [9.17, 15) is 8.78 Å². The van der Waals surface area contributed by atoms with Crippen molar-refractivity contribution in [3.8, 4) is 5.75 Å². The van der Waals surface area contributed by atoms with Gasteiger partial charge in [0.05, 0.1) is 12.1 Å². The maximum atomic E-state index is 13.5. The summed E-state index contributed by atoms with van der Waals surface area (Å²) in [6, 6.07) is 9.30. The number of hydrogen-bond acceptors (Lipinski definition) is 2. The highest BCUT2D eigenvalue weighted by Gasteiger charge is 2.14. The highest BCUT2D eigenvalue weighted by Crippen LogP contribution is 2.26. The summed E-state index contributed by atoms with van der Waals surface area (Å²) in [5.41, 5.74) is 1.78. The van der Waals surface area contributed by atoms with E-state index in [0.717, 1.165) is 11.1 Å². The van der Waals surface area contributed by atoms with E-state index in [2.05, 4.69) is 5.32 Å². The summed E-state index contributed by atoms with van der Waals surface area (Å²) in [6.45, 7) is 0. The molecule has 0 aliphatic rings. The molecular weight excluding hydrogens is 296 g/mol. The molecule has 2 aromatic rings. The second-order valence-electron chi connectivity index (χ2n) is 4.69. The first-order chi connectivity index (χ1) is 10.0. The van der Waals surface area contributed by atoms with Crippen LogP contribution < -0.4 is 10.1 Å². The summed E-state index contributed by atoms with van der Waals surface area (Å²) in [5, 5.41) is 3.25. The number of benzene rings is 2. The fourth-order valence-corrected chi connectivity index (χ4v) is 2.39. The molecule has 112 valence electrons. The molecular formula is C16H16ClF2NO. The minimum absolute atomic E-state index is 0.0546. The van der Waals surface area contributed by atoms with E-state index in [1.807, 2.05) is 7.05 Å². The first-order valence-electron chi connectivity index (χ1n) is 6.49. The lowest BCUT2D eigenvalue weighted by atomic mass is 9.98. The molecule has 0 bridgehead atoms. The Balaban J connectivity index is 2.25. The Morgan fingerprint density at radius 2 is 1.86 bits per heavy atom. The zero-order valence-electron chi connectivity index (χ0n) is 11.8. The summed E-state index contributed by atoms with van der Waals surface area (Å²) in [6.07, 6.45) is 0.602. The molecule has 0 aliphatic heterocycles. The molecule has 0 aliphatic carbocycles. The zero-order valence-corrected chi connectivity index (χ0v) is 12.5. The van der Waals surface area contributed by atoms with Gasteiger partial charge in [0, 0.05) is 6.04 Å². The van der Waals surface area contributed by atoms with Crippen LogP contribution in [0.3, 0.4) is 0 Å². The van der Waals surface area contributed by atoms with Crippen LogP contribution in [0.25, 0.3) is 0 Å². The van der Waals surface area contributed by atoms with Crippen LogP contribution in [0.2, 0.25) is 5.02 Å². The van der Waals surface area contributed by atoms with Gasteiger partial charge in [-0.3, -0.25) is 0 Å². The minimum atomic E-state index is -0.440. The molecule has 0 radical (unpaired) electrons. The molecule has 0 spiro atoms. The van der Waals surface area contributed by atoms with Crippen molar-refractivity contribution in [1.82, 2.24) is 5.32 Å². The molecule has 0 aromatic heterocycles. The van der Waals surface area contributed by atoms with E-state index < -0.39 is 11.6 Å². The average molecular weight is 312 g/mol. The molecule has 0 saturated carbocycles. The standard InChI is InChI=1S/C16H16ClF2NO/c1-20-15(8-10-3-5-13(18)12(17)7-10)11-4-6-14(19)16(9-11)21-2/h3-7,9,15,20H,8H2,1-2H3. The Morgan fingerprint density at radius 1 is 1.14 bits per heavy atom. The SMILES string of the molecule is CNC(Cc1ccc(F)c(Cl)c1)c1ccc(F)c(OC)c1. The second-order valence-corrected chi connectivity index (χ2v) is 5.10. The fraction of sp³-hybridized carbons (Fsp3) is 0.250. The van der Waals surface area contributed by atoms with Crippen LogP contribution in [-0.2, 0) is 6.42 Å². The molecule has 0 amide bonds. The third kappa shape index (κ3) is 3.71. The summed E-state index contributed by atoms with van der Waals surface area (Å²) in [7, 11) is 3.24. The van der Waals surface area contributed by atoms with Crippen LogP contribution in [0.1, 0.15) is 17.2 Å². The lowest BCUT2D eigenvalue weighted by molar-refractivity contribution is 0.385. The molecule has 0 saturated heterocycles. The van der Waals surface area contributed by atoms with E-state index in [1.165, 1.54) is 19.2 Å². The Bertz CT molecular complexity index is 634. The Kier molecular flexibility index (Phi) is 5.15. The Labute approximate surface area is 127 Å². The van der Waals surface area contributed by atoms with E-state index in [1.54, 1.807) is 24.3 Å². The van der Waals surface area contributed by atoms with Gasteiger partial charge in [-0.2, -0.15) is 0 Å². The molecule has 2 nitrogen and oxygen atoms in total. The van der Waals surface area contributed by atoms with Gasteiger partial charge in [-0.1, -0.05) is 23.7 Å². The van der Waals surface area contributed by atoms with Crippen LogP contribution in [0, 0.1) is 11.6 Å².